The summed E-state index contributed by atoms with van der Waals surface area (Å²) in [5, 5.41) is 12.6. The molecule has 18 heavy (non-hydrogen) atoms. The number of aromatic nitrogens is 2. The highest BCUT2D eigenvalue weighted by molar-refractivity contribution is 5.57. The maximum Gasteiger partial charge on any atom is 0.148 e. The summed E-state index contributed by atoms with van der Waals surface area (Å²) in [6.45, 7) is 3.09. The SMILES string of the molecule is CCCc1c(NN)ncnc1NCC1(CO)CC1. The predicted octanol–water partition coefficient (Wildman–Crippen LogP) is 0.899. The van der Waals surface area contributed by atoms with Crippen molar-refractivity contribution in [2.24, 2.45) is 11.3 Å². The van der Waals surface area contributed by atoms with Gasteiger partial charge in [-0.25, -0.2) is 15.8 Å². The Morgan fingerprint density at radius 2 is 2.11 bits per heavy atom. The second-order valence-corrected chi connectivity index (χ2v) is 4.96. The van der Waals surface area contributed by atoms with Gasteiger partial charge in [0.25, 0.3) is 0 Å². The molecule has 0 saturated heterocycles. The number of nitrogen functional groups attached to an aromatic ring is 1. The summed E-state index contributed by atoms with van der Waals surface area (Å²) in [5.41, 5.74) is 3.68. The molecule has 1 heterocycles. The average Bonchev–Trinajstić information content (AvgIpc) is 3.18. The summed E-state index contributed by atoms with van der Waals surface area (Å²) >= 11 is 0. The van der Waals surface area contributed by atoms with E-state index in [1.165, 1.54) is 6.33 Å². The van der Waals surface area contributed by atoms with Gasteiger partial charge in [-0.3, -0.25) is 0 Å². The molecule has 0 spiro atoms. The van der Waals surface area contributed by atoms with Crippen molar-refractivity contribution >= 4 is 11.6 Å². The third-order valence-corrected chi connectivity index (χ3v) is 3.51. The third-order valence-electron chi connectivity index (χ3n) is 3.51. The van der Waals surface area contributed by atoms with Crippen LogP contribution in [0.15, 0.2) is 6.33 Å². The van der Waals surface area contributed by atoms with Gasteiger partial charge in [-0.15, -0.1) is 0 Å². The van der Waals surface area contributed by atoms with E-state index in [0.717, 1.165) is 43.6 Å². The molecule has 1 aliphatic carbocycles. The number of hydrogen-bond acceptors (Lipinski definition) is 6. The molecule has 1 saturated carbocycles. The summed E-state index contributed by atoms with van der Waals surface area (Å²) in [6.07, 6.45) is 5.52. The minimum absolute atomic E-state index is 0.0603. The van der Waals surface area contributed by atoms with Crippen LogP contribution in [0, 0.1) is 5.41 Å². The molecule has 1 aliphatic rings. The van der Waals surface area contributed by atoms with Crippen molar-refractivity contribution in [1.82, 2.24) is 9.97 Å². The zero-order chi connectivity index (χ0) is 13.0. The number of rotatable bonds is 7. The smallest absolute Gasteiger partial charge is 0.148 e. The number of anilines is 2. The summed E-state index contributed by atoms with van der Waals surface area (Å²) in [7, 11) is 0. The van der Waals surface area contributed by atoms with Gasteiger partial charge in [-0.1, -0.05) is 13.3 Å². The van der Waals surface area contributed by atoms with Crippen molar-refractivity contribution in [2.45, 2.75) is 32.6 Å². The van der Waals surface area contributed by atoms with Crippen molar-refractivity contribution in [3.63, 3.8) is 0 Å². The molecule has 100 valence electrons. The lowest BCUT2D eigenvalue weighted by Gasteiger charge is -2.17. The van der Waals surface area contributed by atoms with Gasteiger partial charge in [0.2, 0.25) is 0 Å². The second kappa shape index (κ2) is 5.49. The first-order valence-electron chi connectivity index (χ1n) is 6.40. The summed E-state index contributed by atoms with van der Waals surface area (Å²) in [5.74, 6) is 6.95. The van der Waals surface area contributed by atoms with Crippen molar-refractivity contribution in [2.75, 3.05) is 23.9 Å². The fourth-order valence-corrected chi connectivity index (χ4v) is 2.01. The lowest BCUT2D eigenvalue weighted by atomic mass is 10.1. The molecule has 0 atom stereocenters. The van der Waals surface area contributed by atoms with E-state index in [-0.39, 0.29) is 12.0 Å². The number of hydrogen-bond donors (Lipinski definition) is 4. The molecule has 1 fully saturated rings. The van der Waals surface area contributed by atoms with Crippen LogP contribution in [0.5, 0.6) is 0 Å². The van der Waals surface area contributed by atoms with Crippen molar-refractivity contribution in [3.05, 3.63) is 11.9 Å². The Bertz CT molecular complexity index is 405. The monoisotopic (exact) mass is 251 g/mol. The number of nitrogens with zero attached hydrogens (tertiary/aromatic N) is 2. The Morgan fingerprint density at radius 1 is 1.39 bits per heavy atom. The molecular formula is C12H21N5O. The first-order valence-corrected chi connectivity index (χ1v) is 6.40. The van der Waals surface area contributed by atoms with Crippen molar-refractivity contribution in [3.8, 4) is 0 Å². The van der Waals surface area contributed by atoms with E-state index >= 15 is 0 Å². The van der Waals surface area contributed by atoms with Crippen LogP contribution in [0.2, 0.25) is 0 Å². The number of nitrogens with one attached hydrogen (secondary N) is 2. The van der Waals surface area contributed by atoms with Crippen LogP contribution in [0.1, 0.15) is 31.7 Å². The first kappa shape index (κ1) is 13.0. The van der Waals surface area contributed by atoms with Crippen molar-refractivity contribution < 1.29 is 5.11 Å². The van der Waals surface area contributed by atoms with Gasteiger partial charge >= 0.3 is 0 Å². The first-order chi connectivity index (χ1) is 8.74. The molecule has 6 heteroatoms. The summed E-state index contributed by atoms with van der Waals surface area (Å²) in [4.78, 5) is 8.39. The minimum atomic E-state index is 0.0603. The molecule has 0 bridgehead atoms. The maximum absolute atomic E-state index is 9.30. The molecule has 0 radical (unpaired) electrons. The number of aliphatic hydroxyl groups is 1. The zero-order valence-corrected chi connectivity index (χ0v) is 10.7. The predicted molar refractivity (Wildman–Crippen MR) is 71.1 cm³/mol. The maximum atomic E-state index is 9.30. The molecule has 1 aromatic rings. The zero-order valence-electron chi connectivity index (χ0n) is 10.7. The van der Waals surface area contributed by atoms with Gasteiger partial charge < -0.3 is 15.8 Å². The van der Waals surface area contributed by atoms with Crippen LogP contribution in [-0.4, -0.2) is 28.2 Å². The lowest BCUT2D eigenvalue weighted by molar-refractivity contribution is 0.219. The van der Waals surface area contributed by atoms with Gasteiger partial charge in [-0.2, -0.15) is 0 Å². The van der Waals surface area contributed by atoms with Crippen LogP contribution >= 0.6 is 0 Å². The molecule has 5 N–H and O–H groups in total. The van der Waals surface area contributed by atoms with Crippen LogP contribution in [0.4, 0.5) is 11.6 Å². The molecule has 0 aromatic carbocycles. The van der Waals surface area contributed by atoms with E-state index in [2.05, 4.69) is 27.6 Å². The Labute approximate surface area is 107 Å². The van der Waals surface area contributed by atoms with Gasteiger partial charge in [0.05, 0.1) is 6.61 Å². The molecule has 2 rings (SSSR count). The molecule has 0 aliphatic heterocycles. The standard InChI is InChI=1S/C12H21N5O/c1-2-3-9-10(15-8-16-11(9)17-13)14-6-12(7-18)4-5-12/h8,18H,2-7,13H2,1H3,(H2,14,15,16,17). The number of hydrazine groups is 1. The van der Waals surface area contributed by atoms with Crippen LogP contribution in [0.25, 0.3) is 0 Å². The fourth-order valence-electron chi connectivity index (χ4n) is 2.01. The Hall–Kier alpha value is -1.40. The summed E-state index contributed by atoms with van der Waals surface area (Å²) in [6, 6.07) is 0. The Balaban J connectivity index is 2.10. The van der Waals surface area contributed by atoms with Gasteiger partial charge in [0.15, 0.2) is 0 Å². The number of nitrogens with two attached hydrogens (primary N) is 1. The van der Waals surface area contributed by atoms with E-state index in [4.69, 9.17) is 5.84 Å². The Morgan fingerprint density at radius 3 is 2.67 bits per heavy atom. The van der Waals surface area contributed by atoms with Crippen LogP contribution in [0.3, 0.4) is 0 Å². The molecule has 6 nitrogen and oxygen atoms in total. The molecule has 0 amide bonds. The topological polar surface area (TPSA) is 96.1 Å². The quantitative estimate of drug-likeness (QED) is 0.425. The van der Waals surface area contributed by atoms with Gasteiger partial charge in [-0.05, 0) is 19.3 Å². The largest absolute Gasteiger partial charge is 0.396 e. The van der Waals surface area contributed by atoms with Gasteiger partial charge in [0.1, 0.15) is 18.0 Å². The lowest BCUT2D eigenvalue weighted by Crippen LogP contribution is -2.21. The highest BCUT2D eigenvalue weighted by Crippen LogP contribution is 2.45. The van der Waals surface area contributed by atoms with E-state index in [9.17, 15) is 5.11 Å². The normalized spacial score (nSPS) is 16.4. The molecular weight excluding hydrogens is 230 g/mol. The van der Waals surface area contributed by atoms with Crippen LogP contribution < -0.4 is 16.6 Å². The van der Waals surface area contributed by atoms with Crippen LogP contribution in [-0.2, 0) is 6.42 Å². The Kier molecular flexibility index (Phi) is 3.98. The van der Waals surface area contributed by atoms with E-state index in [1.54, 1.807) is 0 Å². The number of aliphatic hydroxyl groups excluding tert-OH is 1. The van der Waals surface area contributed by atoms with E-state index < -0.39 is 0 Å². The highest BCUT2D eigenvalue weighted by atomic mass is 16.3. The molecule has 0 unspecified atom stereocenters. The highest BCUT2D eigenvalue weighted by Gasteiger charge is 2.41. The average molecular weight is 251 g/mol. The van der Waals surface area contributed by atoms with Gasteiger partial charge in [0, 0.05) is 17.5 Å². The molecule has 1 aromatic heterocycles. The van der Waals surface area contributed by atoms with E-state index in [1.807, 2.05) is 0 Å². The fraction of sp³-hybridized carbons (Fsp3) is 0.667. The summed E-state index contributed by atoms with van der Waals surface area (Å²) < 4.78 is 0. The third kappa shape index (κ3) is 2.70. The second-order valence-electron chi connectivity index (χ2n) is 4.96. The van der Waals surface area contributed by atoms with Crippen molar-refractivity contribution in [1.29, 1.82) is 0 Å². The minimum Gasteiger partial charge on any atom is -0.396 e. The van der Waals surface area contributed by atoms with E-state index in [0.29, 0.717) is 5.82 Å².